The molecule has 1 amide bonds. The summed E-state index contributed by atoms with van der Waals surface area (Å²) in [6.45, 7) is 0. The molecule has 0 aliphatic carbocycles. The number of nitrogens with zero attached hydrogens (tertiary/aromatic N) is 2. The van der Waals surface area contributed by atoms with Crippen LogP contribution in [0.5, 0.6) is 0 Å². The molecule has 2 aromatic rings. The number of nitrogens with two attached hydrogens (primary N) is 1. The zero-order valence-electron chi connectivity index (χ0n) is 7.18. The largest absolute Gasteiger partial charge is 0.442 e. The highest BCUT2D eigenvalue weighted by molar-refractivity contribution is 5.90. The number of carbonyl (C=O) groups excluding carboxylic acids is 1. The van der Waals surface area contributed by atoms with Gasteiger partial charge in [-0.25, -0.2) is 4.98 Å². The fourth-order valence-electron chi connectivity index (χ4n) is 0.994. The molecular weight excluding hydrogens is 182 g/mol. The zero-order valence-corrected chi connectivity index (χ0v) is 7.18. The van der Waals surface area contributed by atoms with E-state index in [0.717, 1.165) is 0 Å². The van der Waals surface area contributed by atoms with Gasteiger partial charge in [0.05, 0.1) is 0 Å². The van der Waals surface area contributed by atoms with Crippen molar-refractivity contribution in [2.75, 3.05) is 0 Å². The van der Waals surface area contributed by atoms with Gasteiger partial charge in [0.1, 0.15) is 12.0 Å². The van der Waals surface area contributed by atoms with Crippen LogP contribution in [0.25, 0.3) is 11.6 Å². The van der Waals surface area contributed by atoms with E-state index in [2.05, 4.69) is 9.97 Å². The molecule has 0 fully saturated rings. The molecule has 0 saturated carbocycles. The van der Waals surface area contributed by atoms with Crippen LogP contribution in [0.15, 0.2) is 35.1 Å². The molecule has 14 heavy (non-hydrogen) atoms. The Balaban J connectivity index is 2.39. The summed E-state index contributed by atoms with van der Waals surface area (Å²) >= 11 is 0. The van der Waals surface area contributed by atoms with Gasteiger partial charge < -0.3 is 10.2 Å². The summed E-state index contributed by atoms with van der Waals surface area (Å²) in [6.07, 6.45) is 2.83. The van der Waals surface area contributed by atoms with Crippen molar-refractivity contribution in [1.29, 1.82) is 0 Å². The lowest BCUT2D eigenvalue weighted by Gasteiger charge is -1.90. The normalized spacial score (nSPS) is 10.0. The van der Waals surface area contributed by atoms with Crippen molar-refractivity contribution in [3.05, 3.63) is 36.4 Å². The molecule has 0 atom stereocenters. The van der Waals surface area contributed by atoms with Gasteiger partial charge in [0.2, 0.25) is 5.89 Å². The Morgan fingerprint density at radius 2 is 2.29 bits per heavy atom. The third-order valence-electron chi connectivity index (χ3n) is 1.64. The van der Waals surface area contributed by atoms with E-state index in [1.165, 1.54) is 6.26 Å². The maximum absolute atomic E-state index is 10.7. The third kappa shape index (κ3) is 1.47. The number of carbonyl (C=O) groups is 1. The first-order valence-electron chi connectivity index (χ1n) is 3.94. The quantitative estimate of drug-likeness (QED) is 0.758. The molecule has 0 spiro atoms. The smallest absolute Gasteiger partial charge is 0.270 e. The zero-order chi connectivity index (χ0) is 9.97. The number of aromatic nitrogens is 2. The minimum absolute atomic E-state index is 0.102. The number of hydrogen-bond acceptors (Lipinski definition) is 4. The molecule has 0 bridgehead atoms. The predicted molar refractivity (Wildman–Crippen MR) is 48.3 cm³/mol. The van der Waals surface area contributed by atoms with Gasteiger partial charge in [0.25, 0.3) is 5.91 Å². The van der Waals surface area contributed by atoms with Gasteiger partial charge in [-0.3, -0.25) is 9.78 Å². The summed E-state index contributed by atoms with van der Waals surface area (Å²) in [5.41, 5.74) is 5.70. The van der Waals surface area contributed by atoms with Crippen LogP contribution >= 0.6 is 0 Å². The van der Waals surface area contributed by atoms with Crippen LogP contribution < -0.4 is 5.73 Å². The molecule has 2 aromatic heterocycles. The second-order valence-corrected chi connectivity index (χ2v) is 2.62. The summed E-state index contributed by atoms with van der Waals surface area (Å²) in [5.74, 6) is -0.324. The molecule has 0 aliphatic rings. The van der Waals surface area contributed by atoms with Crippen molar-refractivity contribution in [2.24, 2.45) is 5.73 Å². The average Bonchev–Trinajstić information content (AvgIpc) is 2.68. The molecule has 2 N–H and O–H groups in total. The van der Waals surface area contributed by atoms with Crippen molar-refractivity contribution in [1.82, 2.24) is 9.97 Å². The highest BCUT2D eigenvalue weighted by atomic mass is 16.3. The van der Waals surface area contributed by atoms with Gasteiger partial charge >= 0.3 is 0 Å². The summed E-state index contributed by atoms with van der Waals surface area (Å²) in [4.78, 5) is 18.6. The first-order valence-corrected chi connectivity index (χ1v) is 3.94. The molecule has 0 unspecified atom stereocenters. The van der Waals surface area contributed by atoms with Gasteiger partial charge in [-0.2, -0.15) is 0 Å². The third-order valence-corrected chi connectivity index (χ3v) is 1.64. The van der Waals surface area contributed by atoms with E-state index in [1.807, 2.05) is 0 Å². The first kappa shape index (κ1) is 8.43. The lowest BCUT2D eigenvalue weighted by molar-refractivity contribution is 0.0995. The molecule has 70 valence electrons. The van der Waals surface area contributed by atoms with E-state index in [4.69, 9.17) is 10.2 Å². The summed E-state index contributed by atoms with van der Waals surface area (Å²) in [7, 11) is 0. The van der Waals surface area contributed by atoms with Gasteiger partial charge in [-0.15, -0.1) is 0 Å². The van der Waals surface area contributed by atoms with Crippen molar-refractivity contribution in [3.63, 3.8) is 0 Å². The molecular formula is C9H7N3O2. The first-order chi connectivity index (χ1) is 6.77. The Morgan fingerprint density at radius 3 is 2.86 bits per heavy atom. The Morgan fingerprint density at radius 1 is 1.43 bits per heavy atom. The summed E-state index contributed by atoms with van der Waals surface area (Å²) in [6, 6.07) is 5.31. The van der Waals surface area contributed by atoms with E-state index in [-0.39, 0.29) is 5.69 Å². The van der Waals surface area contributed by atoms with Crippen molar-refractivity contribution in [3.8, 4) is 11.6 Å². The topological polar surface area (TPSA) is 82.0 Å². The molecule has 0 radical (unpaired) electrons. The number of hydrogen-bond donors (Lipinski definition) is 1. The number of amides is 1. The Kier molecular flexibility index (Phi) is 1.98. The standard InChI is InChI=1S/C9H7N3O2/c10-8(13)7-5-14-9(12-7)6-3-1-2-4-11-6/h1-5H,(H2,10,13). The monoisotopic (exact) mass is 189 g/mol. The lowest BCUT2D eigenvalue weighted by atomic mass is 10.3. The highest BCUT2D eigenvalue weighted by Crippen LogP contribution is 2.14. The van der Waals surface area contributed by atoms with Crippen LogP contribution in [0.4, 0.5) is 0 Å². The van der Waals surface area contributed by atoms with Crippen molar-refractivity contribution in [2.45, 2.75) is 0 Å². The van der Waals surface area contributed by atoms with Crippen molar-refractivity contribution >= 4 is 5.91 Å². The molecule has 0 aliphatic heterocycles. The molecule has 5 heteroatoms. The second-order valence-electron chi connectivity index (χ2n) is 2.62. The van der Waals surface area contributed by atoms with Crippen LogP contribution in [0, 0.1) is 0 Å². The lowest BCUT2D eigenvalue weighted by Crippen LogP contribution is -2.10. The second kappa shape index (κ2) is 3.29. The molecule has 2 heterocycles. The van der Waals surface area contributed by atoms with Crippen LogP contribution in [-0.4, -0.2) is 15.9 Å². The van der Waals surface area contributed by atoms with Crippen LogP contribution in [0.3, 0.4) is 0 Å². The fourth-order valence-corrected chi connectivity index (χ4v) is 0.994. The van der Waals surface area contributed by atoms with E-state index in [1.54, 1.807) is 24.4 Å². The van der Waals surface area contributed by atoms with E-state index >= 15 is 0 Å². The molecule has 0 saturated heterocycles. The Bertz CT molecular complexity index is 450. The molecule has 2 rings (SSSR count). The molecule has 5 nitrogen and oxygen atoms in total. The average molecular weight is 189 g/mol. The summed E-state index contributed by atoms with van der Waals surface area (Å²) < 4.78 is 5.04. The van der Waals surface area contributed by atoms with Crippen LogP contribution in [0.1, 0.15) is 10.5 Å². The van der Waals surface area contributed by atoms with Crippen LogP contribution in [-0.2, 0) is 0 Å². The highest BCUT2D eigenvalue weighted by Gasteiger charge is 2.10. The van der Waals surface area contributed by atoms with E-state index in [9.17, 15) is 4.79 Å². The van der Waals surface area contributed by atoms with Gasteiger partial charge in [-0.05, 0) is 12.1 Å². The predicted octanol–water partition coefficient (Wildman–Crippen LogP) is 0.835. The van der Waals surface area contributed by atoms with Gasteiger partial charge in [-0.1, -0.05) is 6.07 Å². The van der Waals surface area contributed by atoms with Gasteiger partial charge in [0.15, 0.2) is 5.69 Å². The SMILES string of the molecule is NC(=O)c1coc(-c2ccccn2)n1. The Labute approximate surface area is 79.6 Å². The van der Waals surface area contributed by atoms with E-state index < -0.39 is 5.91 Å². The Hall–Kier alpha value is -2.17. The van der Waals surface area contributed by atoms with Gasteiger partial charge in [0, 0.05) is 6.20 Å². The number of pyridine rings is 1. The van der Waals surface area contributed by atoms with E-state index in [0.29, 0.717) is 11.6 Å². The minimum atomic E-state index is -0.615. The molecule has 0 aromatic carbocycles. The fraction of sp³-hybridized carbons (Fsp3) is 0. The maximum atomic E-state index is 10.7. The summed E-state index contributed by atoms with van der Waals surface area (Å²) in [5, 5.41) is 0. The van der Waals surface area contributed by atoms with Crippen LogP contribution in [0.2, 0.25) is 0 Å². The number of primary amides is 1. The maximum Gasteiger partial charge on any atom is 0.270 e. The van der Waals surface area contributed by atoms with Crippen molar-refractivity contribution < 1.29 is 9.21 Å². The minimum Gasteiger partial charge on any atom is -0.442 e. The number of rotatable bonds is 2. The number of oxazole rings is 1.